The average Bonchev–Trinajstić information content (AvgIpc) is 3.25. The summed E-state index contributed by atoms with van der Waals surface area (Å²) in [6.07, 6.45) is -0.235. The van der Waals surface area contributed by atoms with Crippen molar-refractivity contribution in [1.82, 2.24) is 19.5 Å². The van der Waals surface area contributed by atoms with Crippen LogP contribution < -0.4 is 5.73 Å². The molecule has 4 atom stereocenters. The van der Waals surface area contributed by atoms with E-state index in [2.05, 4.69) is 21.9 Å². The molecule has 1 saturated heterocycles. The van der Waals surface area contributed by atoms with Crippen LogP contribution in [0.3, 0.4) is 0 Å². The number of nitrogens with zero attached hydrogens (tertiary/aromatic N) is 4. The summed E-state index contributed by atoms with van der Waals surface area (Å²) < 4.78 is 31.5. The predicted molar refractivity (Wildman–Crippen MR) is 106 cm³/mol. The van der Waals surface area contributed by atoms with E-state index in [1.807, 2.05) is 0 Å². The Hall–Kier alpha value is -2.24. The van der Waals surface area contributed by atoms with E-state index >= 15 is 0 Å². The zero-order valence-corrected chi connectivity index (χ0v) is 17.3. The van der Waals surface area contributed by atoms with Crippen LogP contribution in [-0.2, 0) is 14.2 Å². The fourth-order valence-electron chi connectivity index (χ4n) is 3.22. The molecule has 0 aliphatic carbocycles. The average molecular weight is 446 g/mol. The number of aliphatic hydroxyl groups is 1. The van der Waals surface area contributed by atoms with Crippen molar-refractivity contribution >= 4 is 34.7 Å². The van der Waals surface area contributed by atoms with E-state index in [0.29, 0.717) is 0 Å². The third-order valence-corrected chi connectivity index (χ3v) is 4.99. The summed E-state index contributed by atoms with van der Waals surface area (Å²) in [5.41, 5.74) is 6.14. The SMILES string of the molecule is CCCCCCCOC(=O)OC[C@H]1O[C@@H](n2cnc3c(N)nc(Cl)nc32)[C@@H](F)[C@@H]1O. The Morgan fingerprint density at radius 1 is 1.33 bits per heavy atom. The number of carbonyl (C=O) groups excluding carboxylic acids is 1. The molecule has 0 bridgehead atoms. The van der Waals surface area contributed by atoms with E-state index in [0.717, 1.165) is 32.1 Å². The number of hydrogen-bond donors (Lipinski definition) is 2. The van der Waals surface area contributed by atoms with Gasteiger partial charge in [0.25, 0.3) is 0 Å². The van der Waals surface area contributed by atoms with E-state index in [9.17, 15) is 14.3 Å². The summed E-state index contributed by atoms with van der Waals surface area (Å²) in [5.74, 6) is 0.0371. The third-order valence-electron chi connectivity index (χ3n) is 4.82. The Kier molecular flexibility index (Phi) is 7.62. The molecule has 0 radical (unpaired) electrons. The molecule has 0 saturated carbocycles. The van der Waals surface area contributed by atoms with E-state index in [4.69, 9.17) is 31.5 Å². The molecule has 1 aliphatic rings. The van der Waals surface area contributed by atoms with E-state index in [1.54, 1.807) is 0 Å². The molecule has 1 fully saturated rings. The molecule has 30 heavy (non-hydrogen) atoms. The number of hydrogen-bond acceptors (Lipinski definition) is 9. The summed E-state index contributed by atoms with van der Waals surface area (Å²) >= 11 is 5.82. The lowest BCUT2D eigenvalue weighted by atomic mass is 10.1. The molecule has 3 heterocycles. The van der Waals surface area contributed by atoms with Gasteiger partial charge in [-0.3, -0.25) is 4.57 Å². The summed E-state index contributed by atoms with van der Waals surface area (Å²) in [4.78, 5) is 23.5. The molecule has 0 amide bonds. The first-order chi connectivity index (χ1) is 14.4. The monoisotopic (exact) mass is 445 g/mol. The second-order valence-electron chi connectivity index (χ2n) is 7.03. The number of carbonyl (C=O) groups is 1. The highest BCUT2D eigenvalue weighted by Gasteiger charge is 2.46. The van der Waals surface area contributed by atoms with Crippen molar-refractivity contribution in [3.63, 3.8) is 0 Å². The lowest BCUT2D eigenvalue weighted by molar-refractivity contribution is -0.0583. The van der Waals surface area contributed by atoms with Crippen molar-refractivity contribution in [3.8, 4) is 0 Å². The lowest BCUT2D eigenvalue weighted by Crippen LogP contribution is -2.32. The summed E-state index contributed by atoms with van der Waals surface area (Å²) in [6.45, 7) is 2.00. The highest BCUT2D eigenvalue weighted by molar-refractivity contribution is 6.28. The molecule has 0 unspecified atom stereocenters. The fourth-order valence-corrected chi connectivity index (χ4v) is 3.39. The number of fused-ring (bicyclic) bond motifs is 1. The number of imidazole rings is 1. The first kappa shape index (κ1) is 22.4. The van der Waals surface area contributed by atoms with Gasteiger partial charge in [0.15, 0.2) is 23.9 Å². The van der Waals surface area contributed by atoms with Gasteiger partial charge in [-0.25, -0.2) is 14.2 Å². The van der Waals surface area contributed by atoms with Crippen LogP contribution in [0.1, 0.15) is 45.3 Å². The van der Waals surface area contributed by atoms with Crippen LogP contribution in [0.15, 0.2) is 6.33 Å². The number of alkyl halides is 1. The number of rotatable bonds is 9. The number of nitrogens with two attached hydrogens (primary N) is 1. The van der Waals surface area contributed by atoms with Gasteiger partial charge in [-0.05, 0) is 18.0 Å². The third kappa shape index (κ3) is 5.08. The van der Waals surface area contributed by atoms with Crippen molar-refractivity contribution in [2.24, 2.45) is 0 Å². The molecule has 1 aliphatic heterocycles. The standard InChI is InChI=1S/C18H25ClFN5O5/c1-2-3-4-5-6-7-28-18(27)29-8-10-13(26)11(20)16(30-10)25-9-22-12-14(21)23-17(19)24-15(12)25/h9-11,13,16,26H,2-8H2,1H3,(H2,21,23,24)/t10-,11+,13-,16-/m1/s1. The molecule has 0 spiro atoms. The van der Waals surface area contributed by atoms with Crippen LogP contribution in [0.25, 0.3) is 11.2 Å². The van der Waals surface area contributed by atoms with Gasteiger partial charge in [0, 0.05) is 0 Å². The molecule has 0 aromatic carbocycles. The zero-order chi connectivity index (χ0) is 21.7. The van der Waals surface area contributed by atoms with Gasteiger partial charge >= 0.3 is 6.16 Å². The molecule has 2 aromatic heterocycles. The van der Waals surface area contributed by atoms with Gasteiger partial charge in [-0.1, -0.05) is 32.6 Å². The molecule has 10 nitrogen and oxygen atoms in total. The number of halogens is 2. The Labute approximate surface area is 177 Å². The highest BCUT2D eigenvalue weighted by atomic mass is 35.5. The molecule has 12 heteroatoms. The van der Waals surface area contributed by atoms with Crippen molar-refractivity contribution < 1.29 is 28.5 Å². The molecule has 2 aromatic rings. The minimum absolute atomic E-state index is 0.0371. The minimum atomic E-state index is -1.82. The van der Waals surface area contributed by atoms with Crippen molar-refractivity contribution in [2.75, 3.05) is 18.9 Å². The summed E-state index contributed by atoms with van der Waals surface area (Å²) in [6, 6.07) is 0. The number of anilines is 1. The maximum Gasteiger partial charge on any atom is 0.508 e. The maximum absolute atomic E-state index is 14.7. The van der Waals surface area contributed by atoms with Crippen LogP contribution in [-0.4, -0.2) is 62.4 Å². The maximum atomic E-state index is 14.7. The van der Waals surface area contributed by atoms with Gasteiger partial charge in [0.1, 0.15) is 24.3 Å². The normalized spacial score (nSPS) is 23.7. The van der Waals surface area contributed by atoms with E-state index in [1.165, 1.54) is 10.9 Å². The Morgan fingerprint density at radius 3 is 2.87 bits per heavy atom. The lowest BCUT2D eigenvalue weighted by Gasteiger charge is -2.15. The summed E-state index contributed by atoms with van der Waals surface area (Å²) in [5, 5.41) is 10.0. The Bertz CT molecular complexity index is 869. The first-order valence-corrected chi connectivity index (χ1v) is 10.2. The topological polar surface area (TPSA) is 135 Å². The predicted octanol–water partition coefficient (Wildman–Crippen LogP) is 2.78. The molecular formula is C18H25ClFN5O5. The summed E-state index contributed by atoms with van der Waals surface area (Å²) in [7, 11) is 0. The zero-order valence-electron chi connectivity index (χ0n) is 16.5. The van der Waals surface area contributed by atoms with Crippen molar-refractivity contribution in [3.05, 3.63) is 11.6 Å². The number of nitrogen functional groups attached to an aromatic ring is 1. The van der Waals surface area contributed by atoms with Gasteiger partial charge in [0.2, 0.25) is 5.28 Å². The smallest absolute Gasteiger partial charge is 0.434 e. The quantitative estimate of drug-likeness (QED) is 0.339. The van der Waals surface area contributed by atoms with Gasteiger partial charge in [-0.2, -0.15) is 9.97 Å². The van der Waals surface area contributed by atoms with Crippen LogP contribution >= 0.6 is 11.6 Å². The second kappa shape index (κ2) is 10.2. The Morgan fingerprint density at radius 2 is 2.10 bits per heavy atom. The number of unbranched alkanes of at least 4 members (excludes halogenated alkanes) is 4. The second-order valence-corrected chi connectivity index (χ2v) is 7.36. The minimum Gasteiger partial charge on any atom is -0.434 e. The Balaban J connectivity index is 1.54. The van der Waals surface area contributed by atoms with E-state index < -0.39 is 30.8 Å². The molecule has 3 N–H and O–H groups in total. The molecular weight excluding hydrogens is 421 g/mol. The van der Waals surface area contributed by atoms with Crippen LogP contribution in [0.5, 0.6) is 0 Å². The van der Waals surface area contributed by atoms with Gasteiger partial charge in [-0.15, -0.1) is 0 Å². The molecule has 3 rings (SSSR count). The largest absolute Gasteiger partial charge is 0.508 e. The van der Waals surface area contributed by atoms with Crippen LogP contribution in [0, 0.1) is 0 Å². The molecule has 166 valence electrons. The number of aliphatic hydroxyl groups excluding tert-OH is 1. The first-order valence-electron chi connectivity index (χ1n) is 9.85. The van der Waals surface area contributed by atoms with Crippen molar-refractivity contribution in [2.45, 2.75) is 63.6 Å². The van der Waals surface area contributed by atoms with Crippen molar-refractivity contribution in [1.29, 1.82) is 0 Å². The highest BCUT2D eigenvalue weighted by Crippen LogP contribution is 2.34. The van der Waals surface area contributed by atoms with Crippen LogP contribution in [0.2, 0.25) is 5.28 Å². The van der Waals surface area contributed by atoms with Crippen LogP contribution in [0.4, 0.5) is 15.0 Å². The van der Waals surface area contributed by atoms with Gasteiger partial charge < -0.3 is 25.1 Å². The fraction of sp³-hybridized carbons (Fsp3) is 0.667. The number of ether oxygens (including phenoxy) is 3. The van der Waals surface area contributed by atoms with Gasteiger partial charge in [0.05, 0.1) is 12.9 Å². The number of aromatic nitrogens is 4. The van der Waals surface area contributed by atoms with E-state index in [-0.39, 0.29) is 35.5 Å².